The second kappa shape index (κ2) is 11.6. The van der Waals surface area contributed by atoms with Gasteiger partial charge in [-0.1, -0.05) is 45.4 Å². The molecular formula is C24H37Cl2NO2. The Balaban J connectivity index is 0.000000370. The van der Waals surface area contributed by atoms with Gasteiger partial charge in [0.15, 0.2) is 0 Å². The number of nitrogens with one attached hydrogen (secondary N) is 1. The van der Waals surface area contributed by atoms with E-state index in [1.807, 2.05) is 0 Å². The van der Waals surface area contributed by atoms with Crippen molar-refractivity contribution in [2.75, 3.05) is 32.0 Å². The van der Waals surface area contributed by atoms with E-state index in [1.54, 1.807) is 0 Å². The van der Waals surface area contributed by atoms with Crippen LogP contribution in [0.3, 0.4) is 0 Å². The van der Waals surface area contributed by atoms with Crippen LogP contribution in [0.25, 0.3) is 0 Å². The summed E-state index contributed by atoms with van der Waals surface area (Å²) in [6.45, 7) is 8.59. The molecule has 1 aromatic rings. The van der Waals surface area contributed by atoms with Gasteiger partial charge in [0.05, 0.1) is 13.0 Å². The number of carbonyl (C=O) groups excluding carboxylic acids is 1. The first kappa shape index (κ1) is 24.5. The Morgan fingerprint density at radius 3 is 2.52 bits per heavy atom. The minimum absolute atomic E-state index is 0.00169. The zero-order valence-electron chi connectivity index (χ0n) is 18.4. The van der Waals surface area contributed by atoms with Gasteiger partial charge >= 0.3 is 5.97 Å². The number of halogens is 2. The lowest BCUT2D eigenvalue weighted by atomic mass is 9.54. The normalized spacial score (nSPS) is 25.5. The fraction of sp³-hybridized carbons (Fsp3) is 0.708. The van der Waals surface area contributed by atoms with E-state index in [0.717, 1.165) is 38.8 Å². The van der Waals surface area contributed by atoms with Gasteiger partial charge in [-0.15, -0.1) is 23.2 Å². The monoisotopic (exact) mass is 441 g/mol. The fourth-order valence-electron chi connectivity index (χ4n) is 5.11. The Kier molecular flexibility index (Phi) is 9.78. The maximum atomic E-state index is 12.2. The molecule has 5 heteroatoms. The van der Waals surface area contributed by atoms with Crippen molar-refractivity contribution >= 4 is 29.2 Å². The Labute approximate surface area is 186 Å². The van der Waals surface area contributed by atoms with Gasteiger partial charge in [0.25, 0.3) is 0 Å². The standard InChI is InChI=1S/C20H28O2.C4H9Cl2N/c1-13(2)14-7-9-17-15(12-14)8-10-18-16(19(21)22-4)6-5-11-20(17,18)3;5-1-3-7-4-2-6/h7,9,12-13,16,18H,5-6,8,10-11H2,1-4H3;7H,1-4H2/t16-,18+,20-;/m1./s1. The molecule has 0 spiro atoms. The summed E-state index contributed by atoms with van der Waals surface area (Å²) in [6.07, 6.45) is 5.53. The summed E-state index contributed by atoms with van der Waals surface area (Å²) in [7, 11) is 1.53. The number of carbonyl (C=O) groups is 1. The van der Waals surface area contributed by atoms with Crippen molar-refractivity contribution in [1.29, 1.82) is 0 Å². The van der Waals surface area contributed by atoms with Gasteiger partial charge in [0, 0.05) is 24.8 Å². The maximum absolute atomic E-state index is 12.2. The second-order valence-corrected chi connectivity index (χ2v) is 9.54. The molecule has 0 unspecified atom stereocenters. The van der Waals surface area contributed by atoms with Crippen molar-refractivity contribution in [3.05, 3.63) is 34.9 Å². The number of methoxy groups -OCH3 is 1. The van der Waals surface area contributed by atoms with Crippen LogP contribution < -0.4 is 5.32 Å². The van der Waals surface area contributed by atoms with Crippen LogP contribution >= 0.6 is 23.2 Å². The van der Waals surface area contributed by atoms with Crippen LogP contribution in [0.1, 0.15) is 69.1 Å². The second-order valence-electron chi connectivity index (χ2n) is 8.78. The highest BCUT2D eigenvalue weighted by Gasteiger charge is 2.48. The Bertz CT molecular complexity index is 660. The Morgan fingerprint density at radius 2 is 1.93 bits per heavy atom. The SMILES string of the molecule is COC(=O)[C@@H]1CCC[C@]2(C)c3ccc(C(C)C)cc3CC[C@@H]12.ClCCNCCCl. The molecule has 1 aromatic carbocycles. The van der Waals surface area contributed by atoms with Crippen LogP contribution in [0, 0.1) is 11.8 Å². The van der Waals surface area contributed by atoms with Crippen molar-refractivity contribution in [3.8, 4) is 0 Å². The molecule has 1 fully saturated rings. The number of rotatable bonds is 6. The topological polar surface area (TPSA) is 38.3 Å². The minimum Gasteiger partial charge on any atom is -0.469 e. The lowest BCUT2D eigenvalue weighted by Crippen LogP contribution is -2.46. The summed E-state index contributed by atoms with van der Waals surface area (Å²) >= 11 is 10.7. The molecule has 0 bridgehead atoms. The lowest BCUT2D eigenvalue weighted by molar-refractivity contribution is -0.150. The molecule has 0 aromatic heterocycles. The Hall–Kier alpha value is -0.770. The van der Waals surface area contributed by atoms with E-state index in [1.165, 1.54) is 30.2 Å². The molecule has 1 N–H and O–H groups in total. The van der Waals surface area contributed by atoms with Gasteiger partial charge in [0.1, 0.15) is 0 Å². The number of esters is 1. The van der Waals surface area contributed by atoms with Gasteiger partial charge in [-0.3, -0.25) is 4.79 Å². The molecule has 3 rings (SSSR count). The van der Waals surface area contributed by atoms with Gasteiger partial charge in [-0.2, -0.15) is 0 Å². The van der Waals surface area contributed by atoms with E-state index >= 15 is 0 Å². The highest BCUT2D eigenvalue weighted by molar-refractivity contribution is 6.18. The predicted octanol–water partition coefficient (Wildman–Crippen LogP) is 5.66. The highest BCUT2D eigenvalue weighted by Crippen LogP contribution is 2.52. The van der Waals surface area contributed by atoms with Crippen molar-refractivity contribution in [2.45, 2.75) is 64.2 Å². The molecule has 29 heavy (non-hydrogen) atoms. The first-order valence-corrected chi connectivity index (χ1v) is 12.0. The molecule has 0 aliphatic heterocycles. The van der Waals surface area contributed by atoms with Crippen LogP contribution in [-0.4, -0.2) is 37.9 Å². The van der Waals surface area contributed by atoms with Crippen LogP contribution in [0.4, 0.5) is 0 Å². The summed E-state index contributed by atoms with van der Waals surface area (Å²) in [6, 6.07) is 7.04. The van der Waals surface area contributed by atoms with Crippen molar-refractivity contribution < 1.29 is 9.53 Å². The molecule has 0 heterocycles. The summed E-state index contributed by atoms with van der Waals surface area (Å²) in [5.74, 6) is 2.42. The summed E-state index contributed by atoms with van der Waals surface area (Å²) < 4.78 is 5.08. The first-order chi connectivity index (χ1) is 13.9. The highest BCUT2D eigenvalue weighted by atomic mass is 35.5. The number of hydrogen-bond donors (Lipinski definition) is 1. The van der Waals surface area contributed by atoms with Gasteiger partial charge in [-0.05, 0) is 59.6 Å². The van der Waals surface area contributed by atoms with Gasteiger partial charge in [0.2, 0.25) is 0 Å². The smallest absolute Gasteiger partial charge is 0.308 e. The fourth-order valence-corrected chi connectivity index (χ4v) is 5.38. The quantitative estimate of drug-likeness (QED) is 0.351. The van der Waals surface area contributed by atoms with E-state index in [0.29, 0.717) is 23.6 Å². The van der Waals surface area contributed by atoms with Crippen molar-refractivity contribution in [1.82, 2.24) is 5.32 Å². The third kappa shape index (κ3) is 5.89. The molecule has 2 aliphatic carbocycles. The van der Waals surface area contributed by atoms with E-state index in [2.05, 4.69) is 44.3 Å². The zero-order chi connectivity index (χ0) is 21.4. The maximum Gasteiger partial charge on any atom is 0.308 e. The number of ether oxygens (including phenoxy) is 1. The van der Waals surface area contributed by atoms with E-state index < -0.39 is 0 Å². The number of hydrogen-bond acceptors (Lipinski definition) is 3. The number of benzene rings is 1. The molecule has 3 nitrogen and oxygen atoms in total. The van der Waals surface area contributed by atoms with Gasteiger partial charge in [-0.25, -0.2) is 0 Å². The van der Waals surface area contributed by atoms with Crippen LogP contribution in [-0.2, 0) is 21.4 Å². The summed E-state index contributed by atoms with van der Waals surface area (Å²) in [5.41, 5.74) is 4.57. The third-order valence-corrected chi connectivity index (χ3v) is 7.08. The lowest BCUT2D eigenvalue weighted by Gasteiger charge is -2.49. The molecule has 2 aliphatic rings. The average molecular weight is 442 g/mol. The predicted molar refractivity (Wildman–Crippen MR) is 123 cm³/mol. The average Bonchev–Trinajstić information content (AvgIpc) is 2.72. The van der Waals surface area contributed by atoms with E-state index in [4.69, 9.17) is 27.9 Å². The van der Waals surface area contributed by atoms with E-state index in [-0.39, 0.29) is 17.3 Å². The third-order valence-electron chi connectivity index (χ3n) is 6.70. The molecule has 0 amide bonds. The molecular weight excluding hydrogens is 405 g/mol. The molecule has 1 saturated carbocycles. The number of aryl methyl sites for hydroxylation is 1. The molecule has 0 radical (unpaired) electrons. The van der Waals surface area contributed by atoms with Crippen LogP contribution in [0.5, 0.6) is 0 Å². The number of alkyl halides is 2. The zero-order valence-corrected chi connectivity index (χ0v) is 19.9. The van der Waals surface area contributed by atoms with E-state index in [9.17, 15) is 4.79 Å². The molecule has 3 atom stereocenters. The Morgan fingerprint density at radius 1 is 1.24 bits per heavy atom. The molecule has 164 valence electrons. The summed E-state index contributed by atoms with van der Waals surface area (Å²) in [4.78, 5) is 12.2. The largest absolute Gasteiger partial charge is 0.469 e. The van der Waals surface area contributed by atoms with Crippen molar-refractivity contribution in [2.24, 2.45) is 11.8 Å². The molecule has 0 saturated heterocycles. The van der Waals surface area contributed by atoms with Crippen molar-refractivity contribution in [3.63, 3.8) is 0 Å². The van der Waals surface area contributed by atoms with Crippen LogP contribution in [0.2, 0.25) is 0 Å². The van der Waals surface area contributed by atoms with Gasteiger partial charge < -0.3 is 10.1 Å². The van der Waals surface area contributed by atoms with Crippen LogP contribution in [0.15, 0.2) is 18.2 Å². The summed E-state index contributed by atoms with van der Waals surface area (Å²) in [5, 5.41) is 3.02. The first-order valence-electron chi connectivity index (χ1n) is 10.9. The minimum atomic E-state index is -0.00169. The number of fused-ring (bicyclic) bond motifs is 3.